The number of allylic oxidation sites excluding steroid dienone is 2. The standard InChI is InChI=1S/C15H18N6O/c1-3-20-9(2)10(7-17-20)14-13-11(5-4-6-12(13)22)19-15-16-8-18-21(14)15/h7-8,14H,3-6H2,1-2H3,(H,16,18,19)/t14-/m0/s1. The fraction of sp³-hybridized carbons (Fsp3) is 0.467. The lowest BCUT2D eigenvalue weighted by Crippen LogP contribution is -2.31. The number of fused-ring (bicyclic) bond motifs is 1. The fourth-order valence-corrected chi connectivity index (χ4v) is 3.43. The van der Waals surface area contributed by atoms with Crippen LogP contribution in [0.25, 0.3) is 0 Å². The van der Waals surface area contributed by atoms with Gasteiger partial charge in [0, 0.05) is 35.5 Å². The zero-order chi connectivity index (χ0) is 15.3. The van der Waals surface area contributed by atoms with Gasteiger partial charge in [-0.15, -0.1) is 0 Å². The van der Waals surface area contributed by atoms with E-state index >= 15 is 0 Å². The van der Waals surface area contributed by atoms with Crippen molar-refractivity contribution in [2.24, 2.45) is 0 Å². The highest BCUT2D eigenvalue weighted by molar-refractivity contribution is 5.99. The molecule has 0 amide bonds. The smallest absolute Gasteiger partial charge is 0.226 e. The molecule has 7 heteroatoms. The predicted octanol–water partition coefficient (Wildman–Crippen LogP) is 1.82. The third-order valence-corrected chi connectivity index (χ3v) is 4.55. The molecule has 2 aliphatic rings. The first-order valence-electron chi connectivity index (χ1n) is 7.65. The zero-order valence-electron chi connectivity index (χ0n) is 12.7. The highest BCUT2D eigenvalue weighted by atomic mass is 16.1. The fourth-order valence-electron chi connectivity index (χ4n) is 3.43. The summed E-state index contributed by atoms with van der Waals surface area (Å²) in [6.45, 7) is 4.91. The van der Waals surface area contributed by atoms with E-state index < -0.39 is 0 Å². The van der Waals surface area contributed by atoms with Gasteiger partial charge in [-0.2, -0.15) is 15.2 Å². The number of nitrogens with zero attached hydrogens (tertiary/aromatic N) is 5. The molecule has 1 aliphatic carbocycles. The number of hydrogen-bond acceptors (Lipinski definition) is 5. The lowest BCUT2D eigenvalue weighted by atomic mass is 9.86. The molecular formula is C15H18N6O. The molecule has 0 saturated carbocycles. The first kappa shape index (κ1) is 13.2. The number of hydrogen-bond donors (Lipinski definition) is 1. The van der Waals surface area contributed by atoms with E-state index in [4.69, 9.17) is 0 Å². The Hall–Kier alpha value is -2.44. The van der Waals surface area contributed by atoms with E-state index in [0.29, 0.717) is 12.4 Å². The van der Waals surface area contributed by atoms with Gasteiger partial charge in [0.15, 0.2) is 5.78 Å². The number of ketones is 1. The van der Waals surface area contributed by atoms with E-state index in [1.165, 1.54) is 6.33 Å². The monoisotopic (exact) mass is 298 g/mol. The van der Waals surface area contributed by atoms with Gasteiger partial charge in [0.1, 0.15) is 12.4 Å². The maximum atomic E-state index is 12.5. The van der Waals surface area contributed by atoms with Crippen LogP contribution in [0.15, 0.2) is 23.8 Å². The Morgan fingerprint density at radius 1 is 1.36 bits per heavy atom. The summed E-state index contributed by atoms with van der Waals surface area (Å²) in [5.74, 6) is 0.894. The minimum atomic E-state index is -0.221. The van der Waals surface area contributed by atoms with Crippen molar-refractivity contribution in [1.29, 1.82) is 0 Å². The van der Waals surface area contributed by atoms with E-state index in [9.17, 15) is 4.79 Å². The summed E-state index contributed by atoms with van der Waals surface area (Å²) in [4.78, 5) is 16.8. The molecule has 7 nitrogen and oxygen atoms in total. The van der Waals surface area contributed by atoms with Crippen LogP contribution in [0, 0.1) is 6.92 Å². The average Bonchev–Trinajstić information content (AvgIpc) is 3.11. The van der Waals surface area contributed by atoms with Gasteiger partial charge in [-0.3, -0.25) is 9.48 Å². The van der Waals surface area contributed by atoms with Crippen molar-refractivity contribution in [3.8, 4) is 0 Å². The van der Waals surface area contributed by atoms with Gasteiger partial charge >= 0.3 is 0 Å². The van der Waals surface area contributed by atoms with E-state index in [1.54, 1.807) is 4.68 Å². The summed E-state index contributed by atoms with van der Waals surface area (Å²) < 4.78 is 3.74. The lowest BCUT2D eigenvalue weighted by Gasteiger charge is -2.31. The molecule has 0 spiro atoms. The highest BCUT2D eigenvalue weighted by Crippen LogP contribution is 2.40. The number of aryl methyl sites for hydroxylation is 1. The molecule has 2 aromatic heterocycles. The molecule has 0 unspecified atom stereocenters. The van der Waals surface area contributed by atoms with E-state index in [0.717, 1.165) is 41.9 Å². The number of carbonyl (C=O) groups excluding carboxylic acids is 1. The Kier molecular flexibility index (Phi) is 2.88. The van der Waals surface area contributed by atoms with Crippen molar-refractivity contribution < 1.29 is 4.79 Å². The second kappa shape index (κ2) is 4.79. The van der Waals surface area contributed by atoms with Crippen molar-refractivity contribution in [2.75, 3.05) is 5.32 Å². The number of nitrogens with one attached hydrogen (secondary N) is 1. The number of aromatic nitrogens is 5. The van der Waals surface area contributed by atoms with Crippen molar-refractivity contribution in [2.45, 2.75) is 45.7 Å². The van der Waals surface area contributed by atoms with Crippen LogP contribution >= 0.6 is 0 Å². The van der Waals surface area contributed by atoms with Gasteiger partial charge in [-0.05, 0) is 26.7 Å². The normalized spacial score (nSPS) is 20.6. The van der Waals surface area contributed by atoms with Crippen molar-refractivity contribution in [3.63, 3.8) is 0 Å². The van der Waals surface area contributed by atoms with E-state index in [2.05, 4.69) is 27.4 Å². The molecule has 0 saturated heterocycles. The molecule has 1 atom stereocenters. The molecule has 2 aromatic rings. The Morgan fingerprint density at radius 2 is 2.23 bits per heavy atom. The Balaban J connectivity index is 1.93. The number of carbonyl (C=O) groups is 1. The molecule has 114 valence electrons. The summed E-state index contributed by atoms with van der Waals surface area (Å²) in [5, 5.41) is 12.0. The molecule has 0 radical (unpaired) electrons. The van der Waals surface area contributed by atoms with Gasteiger partial charge in [0.25, 0.3) is 0 Å². The Morgan fingerprint density at radius 3 is 3.00 bits per heavy atom. The first-order chi connectivity index (χ1) is 10.7. The first-order valence-corrected chi connectivity index (χ1v) is 7.65. The molecule has 0 fully saturated rings. The average molecular weight is 298 g/mol. The molecule has 1 aliphatic heterocycles. The summed E-state index contributed by atoms with van der Waals surface area (Å²) in [6, 6.07) is -0.221. The van der Waals surface area contributed by atoms with E-state index in [-0.39, 0.29) is 11.8 Å². The van der Waals surface area contributed by atoms with Crippen molar-refractivity contribution >= 4 is 11.7 Å². The summed E-state index contributed by atoms with van der Waals surface area (Å²) >= 11 is 0. The van der Waals surface area contributed by atoms with Crippen LogP contribution in [0.3, 0.4) is 0 Å². The van der Waals surface area contributed by atoms with Crippen LogP contribution in [0.2, 0.25) is 0 Å². The number of Topliss-reactive ketones (excluding diaryl/α,β-unsaturated/α-hetero) is 1. The summed E-state index contributed by atoms with van der Waals surface area (Å²) in [5.41, 5.74) is 3.91. The largest absolute Gasteiger partial charge is 0.328 e. The molecule has 0 bridgehead atoms. The van der Waals surface area contributed by atoms with Crippen LogP contribution in [-0.2, 0) is 11.3 Å². The van der Waals surface area contributed by atoms with Gasteiger partial charge in [0.05, 0.1) is 6.20 Å². The molecular weight excluding hydrogens is 280 g/mol. The van der Waals surface area contributed by atoms with Gasteiger partial charge in [-0.1, -0.05) is 0 Å². The molecule has 1 N–H and O–H groups in total. The van der Waals surface area contributed by atoms with E-state index in [1.807, 2.05) is 17.8 Å². The number of rotatable bonds is 2. The third-order valence-electron chi connectivity index (χ3n) is 4.55. The van der Waals surface area contributed by atoms with Gasteiger partial charge in [0.2, 0.25) is 5.95 Å². The Labute approximate surface area is 128 Å². The minimum Gasteiger partial charge on any atom is -0.328 e. The van der Waals surface area contributed by atoms with Crippen LogP contribution in [0.5, 0.6) is 0 Å². The second-order valence-corrected chi connectivity index (χ2v) is 5.73. The highest BCUT2D eigenvalue weighted by Gasteiger charge is 2.37. The van der Waals surface area contributed by atoms with Crippen LogP contribution in [0.1, 0.15) is 43.5 Å². The van der Waals surface area contributed by atoms with Crippen LogP contribution in [0.4, 0.5) is 5.95 Å². The SMILES string of the molecule is CCn1ncc([C@H]2C3=C(CCCC3=O)Nc3ncnn32)c1C. The van der Waals surface area contributed by atoms with Gasteiger partial charge in [-0.25, -0.2) is 4.68 Å². The predicted molar refractivity (Wildman–Crippen MR) is 80.3 cm³/mol. The maximum Gasteiger partial charge on any atom is 0.226 e. The summed E-state index contributed by atoms with van der Waals surface area (Å²) in [6.07, 6.45) is 5.75. The van der Waals surface area contributed by atoms with Crippen molar-refractivity contribution in [1.82, 2.24) is 24.5 Å². The topological polar surface area (TPSA) is 77.6 Å². The minimum absolute atomic E-state index is 0.198. The summed E-state index contributed by atoms with van der Waals surface area (Å²) in [7, 11) is 0. The van der Waals surface area contributed by atoms with Crippen LogP contribution < -0.4 is 5.32 Å². The quantitative estimate of drug-likeness (QED) is 0.915. The molecule has 3 heterocycles. The van der Waals surface area contributed by atoms with Crippen LogP contribution in [-0.4, -0.2) is 30.3 Å². The molecule has 0 aromatic carbocycles. The third kappa shape index (κ3) is 1.74. The number of anilines is 1. The lowest BCUT2D eigenvalue weighted by molar-refractivity contribution is -0.116. The molecule has 22 heavy (non-hydrogen) atoms. The Bertz CT molecular complexity index is 784. The second-order valence-electron chi connectivity index (χ2n) is 5.73. The zero-order valence-corrected chi connectivity index (χ0v) is 12.7. The maximum absolute atomic E-state index is 12.5. The van der Waals surface area contributed by atoms with Crippen molar-refractivity contribution in [3.05, 3.63) is 35.1 Å². The molecule has 4 rings (SSSR count). The van der Waals surface area contributed by atoms with Gasteiger partial charge < -0.3 is 5.32 Å².